The number of anilines is 1. The lowest BCUT2D eigenvalue weighted by atomic mass is 10.2. The Morgan fingerprint density at radius 1 is 1.26 bits per heavy atom. The SMILES string of the molecule is CCCC1=NN(c2ccc(S(C)(=O)=O)cc2)C(=O)C1. The summed E-state index contributed by atoms with van der Waals surface area (Å²) in [6, 6.07) is 6.19. The van der Waals surface area contributed by atoms with Crippen LogP contribution in [0.25, 0.3) is 0 Å². The fourth-order valence-electron chi connectivity index (χ4n) is 1.95. The summed E-state index contributed by atoms with van der Waals surface area (Å²) in [6.07, 6.45) is 3.26. The normalized spacial score (nSPS) is 15.8. The van der Waals surface area contributed by atoms with E-state index in [-0.39, 0.29) is 10.8 Å². The molecule has 1 aromatic carbocycles. The van der Waals surface area contributed by atoms with Crippen LogP contribution in [0.5, 0.6) is 0 Å². The molecule has 0 N–H and O–H groups in total. The second kappa shape index (κ2) is 5.13. The standard InChI is InChI=1S/C13H16N2O3S/c1-3-4-10-9-13(16)15(14-10)11-5-7-12(8-6-11)19(2,17)18/h5-8H,3-4,9H2,1-2H3. The van der Waals surface area contributed by atoms with Crippen molar-refractivity contribution in [2.24, 2.45) is 5.10 Å². The molecule has 19 heavy (non-hydrogen) atoms. The molecule has 0 aliphatic carbocycles. The van der Waals surface area contributed by atoms with Crippen LogP contribution < -0.4 is 5.01 Å². The molecule has 0 fully saturated rings. The first-order valence-corrected chi connectivity index (χ1v) is 8.00. The topological polar surface area (TPSA) is 66.8 Å². The van der Waals surface area contributed by atoms with Gasteiger partial charge >= 0.3 is 0 Å². The number of carbonyl (C=O) groups is 1. The Labute approximate surface area is 112 Å². The van der Waals surface area contributed by atoms with Crippen LogP contribution in [0.3, 0.4) is 0 Å². The molecule has 6 heteroatoms. The fourth-order valence-corrected chi connectivity index (χ4v) is 2.58. The van der Waals surface area contributed by atoms with Crippen molar-refractivity contribution in [2.45, 2.75) is 31.1 Å². The van der Waals surface area contributed by atoms with Crippen molar-refractivity contribution in [1.82, 2.24) is 0 Å². The Hall–Kier alpha value is -1.69. The maximum absolute atomic E-state index is 11.8. The third-order valence-electron chi connectivity index (χ3n) is 2.88. The van der Waals surface area contributed by atoms with Gasteiger partial charge in [-0.15, -0.1) is 0 Å². The zero-order chi connectivity index (χ0) is 14.0. The molecule has 102 valence electrons. The Morgan fingerprint density at radius 3 is 2.42 bits per heavy atom. The molecule has 0 atom stereocenters. The first-order chi connectivity index (χ1) is 8.91. The van der Waals surface area contributed by atoms with Gasteiger partial charge in [-0.25, -0.2) is 13.4 Å². The summed E-state index contributed by atoms with van der Waals surface area (Å²) in [6.45, 7) is 2.04. The second-order valence-electron chi connectivity index (χ2n) is 4.56. The highest BCUT2D eigenvalue weighted by Crippen LogP contribution is 2.23. The number of carbonyl (C=O) groups excluding carboxylic acids is 1. The first kappa shape index (κ1) is 13.7. The predicted molar refractivity (Wildman–Crippen MR) is 74.0 cm³/mol. The molecule has 0 spiro atoms. The van der Waals surface area contributed by atoms with Crippen LogP contribution in [0.4, 0.5) is 5.69 Å². The van der Waals surface area contributed by atoms with Crippen LogP contribution in [0.15, 0.2) is 34.3 Å². The van der Waals surface area contributed by atoms with E-state index in [1.54, 1.807) is 12.1 Å². The number of rotatable bonds is 4. The molecule has 0 unspecified atom stereocenters. The maximum Gasteiger partial charge on any atom is 0.253 e. The maximum atomic E-state index is 11.8. The van der Waals surface area contributed by atoms with Crippen LogP contribution in [-0.4, -0.2) is 26.3 Å². The highest BCUT2D eigenvalue weighted by atomic mass is 32.2. The first-order valence-electron chi connectivity index (χ1n) is 6.11. The lowest BCUT2D eigenvalue weighted by molar-refractivity contribution is -0.116. The van der Waals surface area contributed by atoms with Gasteiger partial charge in [-0.3, -0.25) is 4.79 Å². The molecule has 0 saturated heterocycles. The van der Waals surface area contributed by atoms with Crippen molar-refractivity contribution in [3.05, 3.63) is 24.3 Å². The van der Waals surface area contributed by atoms with E-state index in [9.17, 15) is 13.2 Å². The zero-order valence-electron chi connectivity index (χ0n) is 11.0. The van der Waals surface area contributed by atoms with Crippen LogP contribution in [0.2, 0.25) is 0 Å². The number of hydrazone groups is 1. The Balaban J connectivity index is 2.26. The highest BCUT2D eigenvalue weighted by Gasteiger charge is 2.24. The number of benzene rings is 1. The summed E-state index contributed by atoms with van der Waals surface area (Å²) in [5, 5.41) is 5.62. The molecule has 1 aliphatic rings. The van der Waals surface area contributed by atoms with Crippen LogP contribution in [0, 0.1) is 0 Å². The molecule has 1 aromatic rings. The van der Waals surface area contributed by atoms with Crippen molar-refractivity contribution in [2.75, 3.05) is 11.3 Å². The summed E-state index contributed by atoms with van der Waals surface area (Å²) in [5.41, 5.74) is 1.48. The molecule has 0 saturated carbocycles. The Bertz CT molecular complexity index is 618. The van der Waals surface area contributed by atoms with E-state index in [1.807, 2.05) is 6.92 Å². The summed E-state index contributed by atoms with van der Waals surface area (Å²) in [5.74, 6) is -0.0736. The van der Waals surface area contributed by atoms with E-state index in [2.05, 4.69) is 5.10 Å². The molecule has 5 nitrogen and oxygen atoms in total. The molecule has 1 heterocycles. The quantitative estimate of drug-likeness (QED) is 0.847. The Morgan fingerprint density at radius 2 is 1.89 bits per heavy atom. The average molecular weight is 280 g/mol. The van der Waals surface area contributed by atoms with Crippen molar-refractivity contribution in [3.8, 4) is 0 Å². The minimum atomic E-state index is -3.22. The predicted octanol–water partition coefficient (Wildman–Crippen LogP) is 1.98. The summed E-state index contributed by atoms with van der Waals surface area (Å²) >= 11 is 0. The van der Waals surface area contributed by atoms with E-state index >= 15 is 0 Å². The van der Waals surface area contributed by atoms with Crippen LogP contribution in [-0.2, 0) is 14.6 Å². The number of sulfone groups is 1. The van der Waals surface area contributed by atoms with Crippen molar-refractivity contribution in [3.63, 3.8) is 0 Å². The molecular weight excluding hydrogens is 264 g/mol. The Kier molecular flexibility index (Phi) is 3.71. The second-order valence-corrected chi connectivity index (χ2v) is 6.58. The summed E-state index contributed by atoms with van der Waals surface area (Å²) in [7, 11) is -3.22. The van der Waals surface area contributed by atoms with Gasteiger partial charge in [0, 0.05) is 12.0 Å². The smallest absolute Gasteiger partial charge is 0.253 e. The monoisotopic (exact) mass is 280 g/mol. The fraction of sp³-hybridized carbons (Fsp3) is 0.385. The van der Waals surface area contributed by atoms with Gasteiger partial charge in [0.1, 0.15) is 0 Å². The molecule has 1 amide bonds. The van der Waals surface area contributed by atoms with E-state index < -0.39 is 9.84 Å². The van der Waals surface area contributed by atoms with E-state index in [4.69, 9.17) is 0 Å². The number of hydrogen-bond acceptors (Lipinski definition) is 4. The van der Waals surface area contributed by atoms with Gasteiger partial charge in [0.25, 0.3) is 5.91 Å². The van der Waals surface area contributed by atoms with Gasteiger partial charge in [0.15, 0.2) is 9.84 Å². The third kappa shape index (κ3) is 3.01. The van der Waals surface area contributed by atoms with E-state index in [1.165, 1.54) is 17.1 Å². The molecule has 0 bridgehead atoms. The minimum absolute atomic E-state index is 0.0736. The van der Waals surface area contributed by atoms with Gasteiger partial charge in [-0.05, 0) is 30.7 Å². The van der Waals surface area contributed by atoms with Crippen LogP contribution >= 0.6 is 0 Å². The van der Waals surface area contributed by atoms with Gasteiger partial charge < -0.3 is 0 Å². The molecule has 0 radical (unpaired) electrons. The lowest BCUT2D eigenvalue weighted by Gasteiger charge is -2.11. The van der Waals surface area contributed by atoms with Gasteiger partial charge in [-0.1, -0.05) is 13.3 Å². The van der Waals surface area contributed by atoms with Gasteiger partial charge in [-0.2, -0.15) is 5.10 Å². The summed E-state index contributed by atoms with van der Waals surface area (Å²) in [4.78, 5) is 12.1. The average Bonchev–Trinajstić information content (AvgIpc) is 2.70. The van der Waals surface area contributed by atoms with E-state index in [0.717, 1.165) is 24.8 Å². The molecule has 2 rings (SSSR count). The molecule has 1 aliphatic heterocycles. The summed E-state index contributed by atoms with van der Waals surface area (Å²) < 4.78 is 22.7. The van der Waals surface area contributed by atoms with Crippen LogP contribution in [0.1, 0.15) is 26.2 Å². The lowest BCUT2D eigenvalue weighted by Crippen LogP contribution is -2.19. The number of amides is 1. The van der Waals surface area contributed by atoms with Crippen molar-refractivity contribution in [1.29, 1.82) is 0 Å². The van der Waals surface area contributed by atoms with Crippen molar-refractivity contribution < 1.29 is 13.2 Å². The van der Waals surface area contributed by atoms with Gasteiger partial charge in [0.05, 0.1) is 17.0 Å². The molecular formula is C13H16N2O3S. The number of nitrogens with zero attached hydrogens (tertiary/aromatic N) is 2. The van der Waals surface area contributed by atoms with Gasteiger partial charge in [0.2, 0.25) is 0 Å². The zero-order valence-corrected chi connectivity index (χ0v) is 11.8. The minimum Gasteiger partial charge on any atom is -0.272 e. The molecule has 0 aromatic heterocycles. The largest absolute Gasteiger partial charge is 0.272 e. The highest BCUT2D eigenvalue weighted by molar-refractivity contribution is 7.90. The van der Waals surface area contributed by atoms with E-state index in [0.29, 0.717) is 12.1 Å². The number of hydrogen-bond donors (Lipinski definition) is 0. The third-order valence-corrected chi connectivity index (χ3v) is 4.01. The van der Waals surface area contributed by atoms with Crippen molar-refractivity contribution >= 4 is 27.1 Å².